The van der Waals surface area contributed by atoms with Gasteiger partial charge in [0.25, 0.3) is 0 Å². The third-order valence-electron chi connectivity index (χ3n) is 1.63. The van der Waals surface area contributed by atoms with Crippen molar-refractivity contribution in [2.45, 2.75) is 19.1 Å². The van der Waals surface area contributed by atoms with Crippen molar-refractivity contribution in [1.82, 2.24) is 5.32 Å². The Labute approximate surface area is 98.4 Å². The van der Waals surface area contributed by atoms with Crippen molar-refractivity contribution in [2.24, 2.45) is 0 Å². The lowest BCUT2D eigenvalue weighted by Crippen LogP contribution is -2.41. The highest BCUT2D eigenvalue weighted by atomic mass is 32.2. The van der Waals surface area contributed by atoms with Crippen molar-refractivity contribution in [1.29, 1.82) is 0 Å². The maximum Gasteiger partial charge on any atom is 0.327 e. The van der Waals surface area contributed by atoms with Crippen LogP contribution in [0.2, 0.25) is 0 Å². The maximum atomic E-state index is 10.7. The van der Waals surface area contributed by atoms with E-state index in [2.05, 4.69) is 5.32 Å². The van der Waals surface area contributed by atoms with Gasteiger partial charge in [0.05, 0.1) is 12.7 Å². The van der Waals surface area contributed by atoms with Crippen LogP contribution < -0.4 is 5.32 Å². The van der Waals surface area contributed by atoms with Crippen LogP contribution in [0.3, 0.4) is 0 Å². The number of aliphatic hydroxyl groups is 1. The Balaban J connectivity index is 3.84. The minimum atomic E-state index is -1.08. The summed E-state index contributed by atoms with van der Waals surface area (Å²) in [5.41, 5.74) is 0. The monoisotopic (exact) mass is 251 g/mol. The number of hydrogen-bond donors (Lipinski definition) is 3. The molecule has 0 radical (unpaired) electrons. The molecular weight excluding hydrogens is 234 g/mol. The van der Waals surface area contributed by atoms with Crippen LogP contribution >= 0.6 is 11.8 Å². The summed E-state index contributed by atoms with van der Waals surface area (Å²) >= 11 is 1.25. The summed E-state index contributed by atoms with van der Waals surface area (Å²) in [6, 6.07) is -0.919. The molecule has 2 unspecified atom stereocenters. The number of nitrogens with one attached hydrogen (secondary N) is 1. The highest BCUT2D eigenvalue weighted by Gasteiger charge is 2.18. The van der Waals surface area contributed by atoms with Crippen molar-refractivity contribution in [2.75, 3.05) is 25.2 Å². The number of thioether (sulfide) groups is 1. The number of hydrogen-bond acceptors (Lipinski definition) is 5. The molecule has 0 aromatic carbocycles. The minimum Gasteiger partial charge on any atom is -0.480 e. The molecule has 6 nitrogen and oxygen atoms in total. The van der Waals surface area contributed by atoms with E-state index in [-0.39, 0.29) is 18.3 Å². The van der Waals surface area contributed by atoms with E-state index in [1.807, 2.05) is 0 Å². The van der Waals surface area contributed by atoms with Crippen LogP contribution in [-0.2, 0) is 14.3 Å². The Hall–Kier alpha value is -0.790. The molecule has 16 heavy (non-hydrogen) atoms. The van der Waals surface area contributed by atoms with Crippen LogP contribution in [0.1, 0.15) is 6.92 Å². The van der Waals surface area contributed by atoms with Crippen LogP contribution in [0.4, 0.5) is 0 Å². The molecule has 0 aliphatic carbocycles. The number of carbonyl (C=O) groups excluding carboxylic acids is 1. The van der Waals surface area contributed by atoms with Gasteiger partial charge in [0.2, 0.25) is 5.91 Å². The van der Waals surface area contributed by atoms with E-state index in [0.717, 1.165) is 0 Å². The third-order valence-corrected chi connectivity index (χ3v) is 2.82. The van der Waals surface area contributed by atoms with E-state index in [0.29, 0.717) is 5.75 Å². The van der Waals surface area contributed by atoms with Crippen molar-refractivity contribution < 1.29 is 24.5 Å². The number of ether oxygens (including phenoxy) is 1. The van der Waals surface area contributed by atoms with Gasteiger partial charge in [-0.3, -0.25) is 4.79 Å². The summed E-state index contributed by atoms with van der Waals surface area (Å²) in [4.78, 5) is 21.4. The topological polar surface area (TPSA) is 95.9 Å². The zero-order valence-electron chi connectivity index (χ0n) is 9.30. The van der Waals surface area contributed by atoms with Crippen molar-refractivity contribution >= 4 is 23.6 Å². The van der Waals surface area contributed by atoms with E-state index in [4.69, 9.17) is 9.84 Å². The summed E-state index contributed by atoms with van der Waals surface area (Å²) in [5, 5.41) is 20.4. The summed E-state index contributed by atoms with van der Waals surface area (Å²) in [5.74, 6) is -0.873. The van der Waals surface area contributed by atoms with Gasteiger partial charge >= 0.3 is 5.97 Å². The lowest BCUT2D eigenvalue weighted by molar-refractivity contribution is -0.140. The zero-order chi connectivity index (χ0) is 12.6. The summed E-state index contributed by atoms with van der Waals surface area (Å²) in [7, 11) is 1.48. The van der Waals surface area contributed by atoms with Gasteiger partial charge in [0.15, 0.2) is 0 Å². The molecule has 3 N–H and O–H groups in total. The smallest absolute Gasteiger partial charge is 0.327 e. The van der Waals surface area contributed by atoms with Gasteiger partial charge < -0.3 is 20.3 Å². The van der Waals surface area contributed by atoms with Crippen LogP contribution in [0.25, 0.3) is 0 Å². The molecule has 0 aliphatic rings. The first-order chi connectivity index (χ1) is 7.47. The van der Waals surface area contributed by atoms with Gasteiger partial charge in [0, 0.05) is 25.5 Å². The van der Waals surface area contributed by atoms with Crippen LogP contribution in [0.5, 0.6) is 0 Å². The number of carbonyl (C=O) groups is 2. The molecule has 0 bridgehead atoms. The second-order valence-electron chi connectivity index (χ2n) is 3.24. The van der Waals surface area contributed by atoms with Gasteiger partial charge in [-0.2, -0.15) is 11.8 Å². The SMILES string of the molecule is COCC(O)CSCC(NC(C)=O)C(=O)O. The maximum absolute atomic E-state index is 10.7. The number of methoxy groups -OCH3 is 1. The summed E-state index contributed by atoms with van der Waals surface area (Å²) < 4.78 is 4.72. The highest BCUT2D eigenvalue weighted by molar-refractivity contribution is 7.99. The van der Waals surface area contributed by atoms with Crippen LogP contribution in [-0.4, -0.2) is 59.5 Å². The molecule has 0 aromatic heterocycles. The lowest BCUT2D eigenvalue weighted by atomic mass is 10.3. The Bertz CT molecular complexity index is 236. The first-order valence-corrected chi connectivity index (χ1v) is 5.87. The van der Waals surface area contributed by atoms with Gasteiger partial charge in [-0.15, -0.1) is 0 Å². The summed E-state index contributed by atoms with van der Waals surface area (Å²) in [6.07, 6.45) is -0.623. The van der Waals surface area contributed by atoms with Gasteiger partial charge in [-0.1, -0.05) is 0 Å². The Morgan fingerprint density at radius 1 is 1.44 bits per heavy atom. The quantitative estimate of drug-likeness (QED) is 0.529. The Morgan fingerprint density at radius 2 is 2.06 bits per heavy atom. The van der Waals surface area contributed by atoms with E-state index in [1.165, 1.54) is 25.8 Å². The third kappa shape index (κ3) is 7.49. The van der Waals surface area contributed by atoms with E-state index in [1.54, 1.807) is 0 Å². The molecule has 2 atom stereocenters. The molecule has 7 heteroatoms. The lowest BCUT2D eigenvalue weighted by Gasteiger charge is -2.14. The minimum absolute atomic E-state index is 0.213. The zero-order valence-corrected chi connectivity index (χ0v) is 10.1. The van der Waals surface area contributed by atoms with E-state index < -0.39 is 18.1 Å². The normalized spacial score (nSPS) is 14.2. The molecule has 0 spiro atoms. The average Bonchev–Trinajstić information content (AvgIpc) is 2.15. The fraction of sp³-hybridized carbons (Fsp3) is 0.778. The molecule has 0 fully saturated rings. The number of carboxylic acid groups (broad SMARTS) is 1. The van der Waals surface area contributed by atoms with Gasteiger partial charge in [0.1, 0.15) is 6.04 Å². The van der Waals surface area contributed by atoms with Crippen molar-refractivity contribution in [3.05, 3.63) is 0 Å². The molecule has 0 saturated carbocycles. The number of amides is 1. The second-order valence-corrected chi connectivity index (χ2v) is 4.31. The Kier molecular flexibility index (Phi) is 7.96. The fourth-order valence-corrected chi connectivity index (χ4v) is 1.95. The highest BCUT2D eigenvalue weighted by Crippen LogP contribution is 2.06. The predicted octanol–water partition coefficient (Wildman–Crippen LogP) is -0.684. The fourth-order valence-electron chi connectivity index (χ4n) is 0.982. The molecule has 0 saturated heterocycles. The largest absolute Gasteiger partial charge is 0.480 e. The number of aliphatic hydroxyl groups excluding tert-OH is 1. The molecule has 0 rings (SSSR count). The number of carboxylic acids is 1. The summed E-state index contributed by atoms with van der Waals surface area (Å²) in [6.45, 7) is 1.48. The standard InChI is InChI=1S/C9H17NO5S/c1-6(11)10-8(9(13)14)5-16-4-7(12)3-15-2/h7-8,12H,3-5H2,1-2H3,(H,10,11)(H,13,14). The number of rotatable bonds is 8. The number of aliphatic carboxylic acids is 1. The molecular formula is C9H17NO5S. The van der Waals surface area contributed by atoms with Gasteiger partial charge in [-0.05, 0) is 0 Å². The first-order valence-electron chi connectivity index (χ1n) is 4.72. The van der Waals surface area contributed by atoms with Crippen LogP contribution in [0.15, 0.2) is 0 Å². The van der Waals surface area contributed by atoms with E-state index >= 15 is 0 Å². The molecule has 1 amide bonds. The van der Waals surface area contributed by atoms with E-state index in [9.17, 15) is 14.7 Å². The van der Waals surface area contributed by atoms with Crippen molar-refractivity contribution in [3.8, 4) is 0 Å². The predicted molar refractivity (Wildman–Crippen MR) is 60.4 cm³/mol. The van der Waals surface area contributed by atoms with Crippen molar-refractivity contribution in [3.63, 3.8) is 0 Å². The Morgan fingerprint density at radius 3 is 2.50 bits per heavy atom. The van der Waals surface area contributed by atoms with Crippen LogP contribution in [0, 0.1) is 0 Å². The molecule has 0 aromatic rings. The molecule has 0 aliphatic heterocycles. The second kappa shape index (κ2) is 8.37. The molecule has 0 heterocycles. The van der Waals surface area contributed by atoms with Gasteiger partial charge in [-0.25, -0.2) is 4.79 Å². The first kappa shape index (κ1) is 15.2. The average molecular weight is 251 g/mol. The molecule has 94 valence electrons.